The van der Waals surface area contributed by atoms with Gasteiger partial charge in [0.15, 0.2) is 11.1 Å². The van der Waals surface area contributed by atoms with E-state index >= 15 is 0 Å². The Bertz CT molecular complexity index is 536. The first-order chi connectivity index (χ1) is 7.98. The van der Waals surface area contributed by atoms with Crippen LogP contribution >= 0.6 is 11.6 Å². The number of hydrogen-bond acceptors (Lipinski definition) is 3. The van der Waals surface area contributed by atoms with Crippen LogP contribution in [-0.4, -0.2) is 21.3 Å². The van der Waals surface area contributed by atoms with Gasteiger partial charge in [0.1, 0.15) is 5.17 Å². The molecule has 5 heteroatoms. The lowest BCUT2D eigenvalue weighted by molar-refractivity contribution is -0.170. The van der Waals surface area contributed by atoms with Crippen molar-refractivity contribution in [2.24, 2.45) is 12.0 Å². The number of ether oxygens (including phenoxy) is 1. The molecule has 4 heterocycles. The third kappa shape index (κ3) is 1.24. The Labute approximate surface area is 104 Å². The van der Waals surface area contributed by atoms with Crippen molar-refractivity contribution < 1.29 is 9.53 Å². The van der Waals surface area contributed by atoms with Crippen molar-refractivity contribution in [3.05, 3.63) is 24.0 Å². The van der Waals surface area contributed by atoms with Crippen molar-refractivity contribution in [1.29, 1.82) is 0 Å². The molecule has 90 valence electrons. The van der Waals surface area contributed by atoms with E-state index in [0.717, 1.165) is 5.69 Å². The molecule has 0 amide bonds. The van der Waals surface area contributed by atoms with Gasteiger partial charge in [-0.05, 0) is 31.9 Å². The highest BCUT2D eigenvalue weighted by Crippen LogP contribution is 2.47. The number of carbonyl (C=O) groups excluding carboxylic acids is 1. The maximum atomic E-state index is 12.2. The maximum Gasteiger partial charge on any atom is 0.341 e. The summed E-state index contributed by atoms with van der Waals surface area (Å²) < 4.78 is 7.34. The van der Waals surface area contributed by atoms with Gasteiger partial charge in [-0.15, -0.1) is 0 Å². The van der Waals surface area contributed by atoms with Crippen LogP contribution in [0.4, 0.5) is 0 Å². The quantitative estimate of drug-likeness (QED) is 0.718. The molecule has 0 aliphatic carbocycles. The first kappa shape index (κ1) is 10.8. The molecule has 0 saturated carbocycles. The average molecular weight is 253 g/mol. The van der Waals surface area contributed by atoms with E-state index in [0.29, 0.717) is 18.0 Å². The van der Waals surface area contributed by atoms with Gasteiger partial charge in [-0.1, -0.05) is 11.6 Å². The van der Waals surface area contributed by atoms with Crippen molar-refractivity contribution in [2.75, 3.05) is 0 Å². The van der Waals surface area contributed by atoms with Crippen molar-refractivity contribution in [1.82, 2.24) is 4.57 Å². The molecule has 1 fully saturated rings. The molecule has 1 aromatic heterocycles. The SMILES string of the molecule is Cn1cccc1C12CCC(C)(OC1=O)C(Cl)=N2. The number of aliphatic imine (C=N–C) groups is 1. The van der Waals surface area contributed by atoms with Gasteiger partial charge >= 0.3 is 5.97 Å². The van der Waals surface area contributed by atoms with E-state index < -0.39 is 11.1 Å². The second-order valence-corrected chi connectivity index (χ2v) is 5.25. The number of aromatic nitrogens is 1. The van der Waals surface area contributed by atoms with Gasteiger partial charge < -0.3 is 9.30 Å². The molecule has 4 rings (SSSR count). The van der Waals surface area contributed by atoms with Crippen LogP contribution in [0.5, 0.6) is 0 Å². The summed E-state index contributed by atoms with van der Waals surface area (Å²) in [6.07, 6.45) is 3.26. The molecule has 0 aromatic carbocycles. The molecule has 2 bridgehead atoms. The number of halogens is 1. The van der Waals surface area contributed by atoms with Crippen LogP contribution in [0.3, 0.4) is 0 Å². The second-order valence-electron chi connectivity index (χ2n) is 4.89. The van der Waals surface area contributed by atoms with Crippen LogP contribution in [0.2, 0.25) is 0 Å². The zero-order chi connectivity index (χ0) is 12.3. The monoisotopic (exact) mass is 252 g/mol. The van der Waals surface area contributed by atoms with Crippen LogP contribution in [0.15, 0.2) is 23.3 Å². The van der Waals surface area contributed by atoms with E-state index in [1.165, 1.54) is 0 Å². The third-order valence-corrected chi connectivity index (χ3v) is 4.20. The summed E-state index contributed by atoms with van der Waals surface area (Å²) >= 11 is 6.14. The molecule has 2 unspecified atom stereocenters. The number of esters is 1. The number of hydrogen-bond donors (Lipinski definition) is 0. The highest BCUT2D eigenvalue weighted by molar-refractivity contribution is 6.67. The Hall–Kier alpha value is -1.29. The van der Waals surface area contributed by atoms with Crippen molar-refractivity contribution >= 4 is 22.7 Å². The fraction of sp³-hybridized carbons (Fsp3) is 0.500. The fourth-order valence-electron chi connectivity index (χ4n) is 2.57. The minimum absolute atomic E-state index is 0.294. The molecule has 2 atom stereocenters. The molecule has 1 aromatic rings. The molecule has 3 aliphatic heterocycles. The van der Waals surface area contributed by atoms with Gasteiger partial charge in [-0.2, -0.15) is 0 Å². The number of rotatable bonds is 1. The molecule has 4 nitrogen and oxygen atoms in total. The van der Waals surface area contributed by atoms with Gasteiger partial charge in [-0.3, -0.25) is 0 Å². The lowest BCUT2D eigenvalue weighted by Crippen LogP contribution is -2.57. The summed E-state index contributed by atoms with van der Waals surface area (Å²) in [6, 6.07) is 3.78. The van der Waals surface area contributed by atoms with E-state index in [4.69, 9.17) is 16.3 Å². The Kier molecular flexibility index (Phi) is 2.00. The first-order valence-corrected chi connectivity index (χ1v) is 5.97. The maximum absolute atomic E-state index is 12.2. The van der Waals surface area contributed by atoms with Crippen molar-refractivity contribution in [2.45, 2.75) is 30.9 Å². The summed E-state index contributed by atoms with van der Waals surface area (Å²) in [5, 5.41) is 0.393. The van der Waals surface area contributed by atoms with Crippen LogP contribution in [0, 0.1) is 0 Å². The number of fused-ring (bicyclic) bond motifs is 2. The predicted octanol–water partition coefficient (Wildman–Crippen LogP) is 1.97. The van der Waals surface area contributed by atoms with Gasteiger partial charge in [0.05, 0.1) is 5.69 Å². The topological polar surface area (TPSA) is 43.6 Å². The number of aryl methyl sites for hydroxylation is 1. The van der Waals surface area contributed by atoms with E-state index in [-0.39, 0.29) is 5.97 Å². The Morgan fingerprint density at radius 2 is 2.29 bits per heavy atom. The molecular formula is C12H13ClN2O2. The van der Waals surface area contributed by atoms with Crippen LogP contribution < -0.4 is 0 Å². The van der Waals surface area contributed by atoms with Gasteiger partial charge in [0.2, 0.25) is 0 Å². The highest BCUT2D eigenvalue weighted by Gasteiger charge is 2.57. The summed E-state index contributed by atoms with van der Waals surface area (Å²) in [6.45, 7) is 1.81. The van der Waals surface area contributed by atoms with Crippen molar-refractivity contribution in [3.63, 3.8) is 0 Å². The van der Waals surface area contributed by atoms with Crippen LogP contribution in [0.1, 0.15) is 25.5 Å². The van der Waals surface area contributed by atoms with E-state index in [1.807, 2.05) is 36.9 Å². The molecule has 0 radical (unpaired) electrons. The third-order valence-electron chi connectivity index (χ3n) is 3.71. The fourth-order valence-corrected chi connectivity index (χ4v) is 2.85. The molecule has 0 spiro atoms. The summed E-state index contributed by atoms with van der Waals surface area (Å²) in [5.41, 5.74) is -0.819. The lowest BCUT2D eigenvalue weighted by atomic mass is 9.79. The Morgan fingerprint density at radius 1 is 1.53 bits per heavy atom. The van der Waals surface area contributed by atoms with E-state index in [1.54, 1.807) is 0 Å². The molecule has 17 heavy (non-hydrogen) atoms. The zero-order valence-corrected chi connectivity index (χ0v) is 10.5. The Balaban J connectivity index is 2.21. The normalized spacial score (nSPS) is 35.7. The number of carbonyl (C=O) groups is 1. The minimum atomic E-state index is -0.937. The molecule has 0 N–H and O–H groups in total. The van der Waals surface area contributed by atoms with E-state index in [9.17, 15) is 4.79 Å². The predicted molar refractivity (Wildman–Crippen MR) is 64.1 cm³/mol. The summed E-state index contributed by atoms with van der Waals surface area (Å²) in [7, 11) is 1.89. The standard InChI is InChI=1S/C12H13ClN2O2/c1-11-5-6-12(10(16)17-11,14-9(11)13)8-4-3-7-15(8)2/h3-4,7H,5-6H2,1-2H3. The molecule has 1 saturated heterocycles. The van der Waals surface area contributed by atoms with Gasteiger partial charge in [0, 0.05) is 13.2 Å². The molecular weight excluding hydrogens is 240 g/mol. The second kappa shape index (κ2) is 3.13. The molecule has 3 aliphatic rings. The number of nitrogens with zero attached hydrogens (tertiary/aromatic N) is 2. The highest BCUT2D eigenvalue weighted by atomic mass is 35.5. The smallest absolute Gasteiger partial charge is 0.341 e. The van der Waals surface area contributed by atoms with Crippen LogP contribution in [-0.2, 0) is 22.1 Å². The zero-order valence-electron chi connectivity index (χ0n) is 9.74. The average Bonchev–Trinajstić information content (AvgIpc) is 2.68. The van der Waals surface area contributed by atoms with Gasteiger partial charge in [0.25, 0.3) is 0 Å². The van der Waals surface area contributed by atoms with Crippen LogP contribution in [0.25, 0.3) is 0 Å². The summed E-state index contributed by atoms with van der Waals surface area (Å²) in [5.74, 6) is -0.294. The largest absolute Gasteiger partial charge is 0.450 e. The van der Waals surface area contributed by atoms with E-state index in [2.05, 4.69) is 4.99 Å². The Morgan fingerprint density at radius 3 is 2.82 bits per heavy atom. The minimum Gasteiger partial charge on any atom is -0.450 e. The lowest BCUT2D eigenvalue weighted by Gasteiger charge is -2.46. The summed E-state index contributed by atoms with van der Waals surface area (Å²) in [4.78, 5) is 16.6. The first-order valence-electron chi connectivity index (χ1n) is 5.59. The van der Waals surface area contributed by atoms with Crippen molar-refractivity contribution in [3.8, 4) is 0 Å². The van der Waals surface area contributed by atoms with Gasteiger partial charge in [-0.25, -0.2) is 9.79 Å².